The van der Waals surface area contributed by atoms with Crippen molar-refractivity contribution in [3.05, 3.63) is 29.3 Å². The third-order valence-electron chi connectivity index (χ3n) is 3.42. The predicted octanol–water partition coefficient (Wildman–Crippen LogP) is 2.19. The Morgan fingerprint density at radius 1 is 1.08 bits per heavy atom. The number of aliphatic hydroxyl groups is 1. The molecule has 0 aliphatic rings. The number of hydrogen-bond donors (Lipinski definition) is 4. The lowest BCUT2D eigenvalue weighted by molar-refractivity contribution is -0.159. The van der Waals surface area contributed by atoms with Gasteiger partial charge in [-0.2, -0.15) is 0 Å². The molecule has 0 atom stereocenters. The van der Waals surface area contributed by atoms with Gasteiger partial charge in [0.2, 0.25) is 0 Å². The van der Waals surface area contributed by atoms with Crippen LogP contribution in [0, 0.1) is 6.92 Å². The van der Waals surface area contributed by atoms with E-state index >= 15 is 0 Å². The first-order valence-corrected chi connectivity index (χ1v) is 8.61. The van der Waals surface area contributed by atoms with E-state index in [4.69, 9.17) is 29.6 Å². The van der Waals surface area contributed by atoms with Crippen LogP contribution < -0.4 is 10.1 Å². The fourth-order valence-corrected chi connectivity index (χ4v) is 2.09. The number of benzene rings is 1. The van der Waals surface area contributed by atoms with Crippen LogP contribution in [0.3, 0.4) is 0 Å². The number of rotatable bonds is 8. The van der Waals surface area contributed by atoms with E-state index in [-0.39, 0.29) is 12.0 Å². The van der Waals surface area contributed by atoms with E-state index in [1.165, 1.54) is 11.1 Å². The smallest absolute Gasteiger partial charge is 0.414 e. The van der Waals surface area contributed by atoms with Gasteiger partial charge in [-0.3, -0.25) is 0 Å². The number of carboxylic acid groups (broad SMARTS) is 2. The largest absolute Gasteiger partial charge is 0.493 e. The van der Waals surface area contributed by atoms with E-state index in [1.807, 2.05) is 0 Å². The maximum absolute atomic E-state index is 9.10. The van der Waals surface area contributed by atoms with Crippen LogP contribution in [0.2, 0.25) is 0 Å². The molecule has 0 fully saturated rings. The molecule has 7 heteroatoms. The molecule has 148 valence electrons. The van der Waals surface area contributed by atoms with Crippen molar-refractivity contribution in [3.63, 3.8) is 0 Å². The fourth-order valence-electron chi connectivity index (χ4n) is 2.09. The van der Waals surface area contributed by atoms with Crippen LogP contribution in [0.15, 0.2) is 18.2 Å². The first-order chi connectivity index (χ1) is 12.1. The highest BCUT2D eigenvalue weighted by atomic mass is 16.5. The quantitative estimate of drug-likeness (QED) is 0.410. The Morgan fingerprint density at radius 2 is 1.69 bits per heavy atom. The number of aliphatic hydroxyl groups excluding tert-OH is 1. The van der Waals surface area contributed by atoms with Gasteiger partial charge in [-0.25, -0.2) is 9.59 Å². The number of aliphatic carboxylic acids is 2. The lowest BCUT2D eigenvalue weighted by Gasteiger charge is -2.23. The molecule has 0 spiro atoms. The SMILES string of the molecule is Cc1ccc(OCCCCNCCO)c(C(C)(C)C)c1.O=C(O)C(=O)O. The molecule has 1 aromatic rings. The Morgan fingerprint density at radius 3 is 2.19 bits per heavy atom. The van der Waals surface area contributed by atoms with Crippen LogP contribution in [-0.4, -0.2) is 53.6 Å². The van der Waals surface area contributed by atoms with Crippen molar-refractivity contribution >= 4 is 11.9 Å². The highest BCUT2D eigenvalue weighted by molar-refractivity contribution is 6.27. The summed E-state index contributed by atoms with van der Waals surface area (Å²) in [6, 6.07) is 6.41. The first-order valence-electron chi connectivity index (χ1n) is 8.61. The Bertz CT molecular complexity index is 554. The number of unbranched alkanes of at least 4 members (excludes halogenated alkanes) is 1. The second-order valence-electron chi connectivity index (χ2n) is 6.89. The molecule has 0 unspecified atom stereocenters. The van der Waals surface area contributed by atoms with Crippen molar-refractivity contribution in [3.8, 4) is 5.75 Å². The van der Waals surface area contributed by atoms with Gasteiger partial charge in [0.15, 0.2) is 0 Å². The monoisotopic (exact) mass is 369 g/mol. The second-order valence-corrected chi connectivity index (χ2v) is 6.89. The predicted molar refractivity (Wildman–Crippen MR) is 99.8 cm³/mol. The average molecular weight is 369 g/mol. The number of hydrogen-bond acceptors (Lipinski definition) is 5. The van der Waals surface area contributed by atoms with Crippen molar-refractivity contribution in [2.24, 2.45) is 0 Å². The molecule has 7 nitrogen and oxygen atoms in total. The van der Waals surface area contributed by atoms with E-state index in [9.17, 15) is 0 Å². The first kappa shape index (κ1) is 23.9. The molecular weight excluding hydrogens is 338 g/mol. The molecule has 0 saturated carbocycles. The Labute approximate surface area is 155 Å². The van der Waals surface area contributed by atoms with Crippen LogP contribution in [0.4, 0.5) is 0 Å². The summed E-state index contributed by atoms with van der Waals surface area (Å²) < 4.78 is 5.95. The summed E-state index contributed by atoms with van der Waals surface area (Å²) in [5.74, 6) is -2.64. The Balaban J connectivity index is 0.000000896. The number of carboxylic acids is 2. The number of carbonyl (C=O) groups is 2. The van der Waals surface area contributed by atoms with E-state index < -0.39 is 11.9 Å². The molecule has 1 rings (SSSR count). The third kappa shape index (κ3) is 10.7. The van der Waals surface area contributed by atoms with Crippen molar-refractivity contribution < 1.29 is 29.6 Å². The van der Waals surface area contributed by atoms with Gasteiger partial charge < -0.3 is 25.4 Å². The number of ether oxygens (including phenoxy) is 1. The van der Waals surface area contributed by atoms with Gasteiger partial charge in [-0.1, -0.05) is 38.5 Å². The van der Waals surface area contributed by atoms with E-state index in [0.717, 1.165) is 31.7 Å². The van der Waals surface area contributed by atoms with Crippen LogP contribution in [0.5, 0.6) is 5.75 Å². The summed E-state index contributed by atoms with van der Waals surface area (Å²) in [4.78, 5) is 18.2. The molecule has 1 aromatic carbocycles. The molecule has 4 N–H and O–H groups in total. The van der Waals surface area contributed by atoms with Gasteiger partial charge in [0.05, 0.1) is 13.2 Å². The topological polar surface area (TPSA) is 116 Å². The summed E-state index contributed by atoms with van der Waals surface area (Å²) in [7, 11) is 0. The zero-order valence-electron chi connectivity index (χ0n) is 16.0. The highest BCUT2D eigenvalue weighted by Gasteiger charge is 2.18. The minimum absolute atomic E-state index is 0.101. The molecule has 0 radical (unpaired) electrons. The summed E-state index contributed by atoms with van der Waals surface area (Å²) in [5.41, 5.74) is 2.65. The van der Waals surface area contributed by atoms with Gasteiger partial charge in [-0.05, 0) is 43.4 Å². The molecule has 0 aliphatic carbocycles. The van der Waals surface area contributed by atoms with Crippen LogP contribution in [0.1, 0.15) is 44.7 Å². The van der Waals surface area contributed by atoms with Gasteiger partial charge in [0, 0.05) is 6.54 Å². The zero-order valence-corrected chi connectivity index (χ0v) is 16.0. The summed E-state index contributed by atoms with van der Waals surface area (Å²) in [6.07, 6.45) is 2.09. The lowest BCUT2D eigenvalue weighted by Crippen LogP contribution is -2.20. The second kappa shape index (κ2) is 12.3. The zero-order chi connectivity index (χ0) is 20.2. The van der Waals surface area contributed by atoms with E-state index in [1.54, 1.807) is 0 Å². The fraction of sp³-hybridized carbons (Fsp3) is 0.579. The standard InChI is InChI=1S/C17H29NO2.C2H2O4/c1-14-7-8-16(15(13-14)17(2,3)4)20-12-6-5-9-18-10-11-19;3-1(4)2(5)6/h7-8,13,18-19H,5-6,9-12H2,1-4H3;(H,3,4)(H,5,6). The van der Waals surface area contributed by atoms with Gasteiger partial charge >= 0.3 is 11.9 Å². The van der Waals surface area contributed by atoms with Crippen molar-refractivity contribution in [1.82, 2.24) is 5.32 Å². The summed E-state index contributed by atoms with van der Waals surface area (Å²) >= 11 is 0. The molecule has 0 aromatic heterocycles. The van der Waals surface area contributed by atoms with Crippen LogP contribution in [0.25, 0.3) is 0 Å². The molecule has 0 bridgehead atoms. The number of nitrogens with one attached hydrogen (secondary N) is 1. The third-order valence-corrected chi connectivity index (χ3v) is 3.42. The molecule has 0 amide bonds. The maximum Gasteiger partial charge on any atom is 0.414 e. The average Bonchev–Trinajstić information content (AvgIpc) is 2.54. The summed E-state index contributed by atoms with van der Waals surface area (Å²) in [5, 5.41) is 26.6. The van der Waals surface area contributed by atoms with Crippen molar-refractivity contribution in [2.45, 2.75) is 46.0 Å². The lowest BCUT2D eigenvalue weighted by atomic mass is 9.85. The summed E-state index contributed by atoms with van der Waals surface area (Å²) in [6.45, 7) is 11.3. The van der Waals surface area contributed by atoms with Crippen molar-refractivity contribution in [1.29, 1.82) is 0 Å². The number of aryl methyl sites for hydroxylation is 1. The highest BCUT2D eigenvalue weighted by Crippen LogP contribution is 2.32. The Hall–Kier alpha value is -2.12. The van der Waals surface area contributed by atoms with Gasteiger partial charge in [0.25, 0.3) is 0 Å². The molecule has 26 heavy (non-hydrogen) atoms. The normalized spacial score (nSPS) is 10.7. The minimum Gasteiger partial charge on any atom is -0.493 e. The Kier molecular flexibility index (Phi) is 11.3. The maximum atomic E-state index is 9.10. The van der Waals surface area contributed by atoms with Gasteiger partial charge in [0.1, 0.15) is 5.75 Å². The van der Waals surface area contributed by atoms with Gasteiger partial charge in [-0.15, -0.1) is 0 Å². The van der Waals surface area contributed by atoms with E-state index in [0.29, 0.717) is 6.54 Å². The van der Waals surface area contributed by atoms with Crippen LogP contribution >= 0.6 is 0 Å². The molecular formula is C19H31NO6. The molecule has 0 heterocycles. The van der Waals surface area contributed by atoms with E-state index in [2.05, 4.69) is 51.2 Å². The molecule has 0 aliphatic heterocycles. The molecule has 0 saturated heterocycles. The minimum atomic E-state index is -1.82. The van der Waals surface area contributed by atoms with Crippen LogP contribution in [-0.2, 0) is 15.0 Å². The van der Waals surface area contributed by atoms with Crippen molar-refractivity contribution in [2.75, 3.05) is 26.3 Å².